The van der Waals surface area contributed by atoms with Gasteiger partial charge in [0.05, 0.1) is 0 Å². The first-order valence-electron chi connectivity index (χ1n) is 9.32. The molecule has 0 fully saturated rings. The lowest BCUT2D eigenvalue weighted by Gasteiger charge is -2.27. The molecule has 0 spiro atoms. The third kappa shape index (κ3) is 3.99. The summed E-state index contributed by atoms with van der Waals surface area (Å²) in [7, 11) is 0. The molecule has 142 valence electrons. The molecule has 0 unspecified atom stereocenters. The van der Waals surface area contributed by atoms with Gasteiger partial charge in [-0.3, -0.25) is 9.59 Å². The third-order valence-electron chi connectivity index (χ3n) is 5.00. The number of hydrogen-bond donors (Lipinski definition) is 0. The minimum Gasteiger partial charge on any atom is -0.455 e. The molecular formula is C23H21NO3S. The van der Waals surface area contributed by atoms with E-state index in [1.54, 1.807) is 16.2 Å². The minimum atomic E-state index is -0.542. The van der Waals surface area contributed by atoms with Crippen molar-refractivity contribution in [3.8, 4) is 0 Å². The molecule has 5 heteroatoms. The zero-order valence-corrected chi connectivity index (χ0v) is 16.2. The van der Waals surface area contributed by atoms with Gasteiger partial charge in [0.25, 0.3) is 5.91 Å². The highest BCUT2D eigenvalue weighted by Gasteiger charge is 2.27. The van der Waals surface area contributed by atoms with Crippen molar-refractivity contribution in [3.05, 3.63) is 93.7 Å². The van der Waals surface area contributed by atoms with Gasteiger partial charge in [-0.1, -0.05) is 60.7 Å². The average Bonchev–Trinajstić information content (AvgIpc) is 3.22. The Labute approximate surface area is 168 Å². The first kappa shape index (κ1) is 18.4. The van der Waals surface area contributed by atoms with Crippen LogP contribution in [-0.2, 0) is 27.3 Å². The first-order valence-corrected chi connectivity index (χ1v) is 10.2. The summed E-state index contributed by atoms with van der Waals surface area (Å²) in [6.45, 7) is 1.04. The lowest BCUT2D eigenvalue weighted by molar-refractivity contribution is -0.153. The van der Waals surface area contributed by atoms with Crippen LogP contribution in [0.3, 0.4) is 0 Å². The number of carbonyl (C=O) groups is 2. The first-order chi connectivity index (χ1) is 13.7. The Balaban J connectivity index is 1.44. The summed E-state index contributed by atoms with van der Waals surface area (Å²) >= 11 is 1.73. The number of rotatable bonds is 5. The lowest BCUT2D eigenvalue weighted by Crippen LogP contribution is -2.38. The second kappa shape index (κ2) is 8.40. The SMILES string of the molecule is O=C(OCC(=O)N1CCc2sccc2C1)C(c1ccccc1)c1ccccc1. The van der Waals surface area contributed by atoms with Crippen molar-refractivity contribution in [2.45, 2.75) is 18.9 Å². The summed E-state index contributed by atoms with van der Waals surface area (Å²) in [6, 6.07) is 21.1. The maximum atomic E-state index is 12.9. The second-order valence-electron chi connectivity index (χ2n) is 6.80. The highest BCUT2D eigenvalue weighted by atomic mass is 32.1. The largest absolute Gasteiger partial charge is 0.455 e. The lowest BCUT2D eigenvalue weighted by atomic mass is 9.91. The van der Waals surface area contributed by atoms with Crippen LogP contribution in [0.4, 0.5) is 0 Å². The van der Waals surface area contributed by atoms with Crippen molar-refractivity contribution in [1.82, 2.24) is 4.90 Å². The van der Waals surface area contributed by atoms with E-state index < -0.39 is 11.9 Å². The number of ether oxygens (including phenoxy) is 1. The second-order valence-corrected chi connectivity index (χ2v) is 7.80. The van der Waals surface area contributed by atoms with E-state index in [-0.39, 0.29) is 12.5 Å². The number of thiophene rings is 1. The minimum absolute atomic E-state index is 0.148. The Morgan fingerprint density at radius 1 is 0.964 bits per heavy atom. The molecule has 4 nitrogen and oxygen atoms in total. The molecule has 1 aliphatic heterocycles. The van der Waals surface area contributed by atoms with Crippen LogP contribution in [-0.4, -0.2) is 29.9 Å². The van der Waals surface area contributed by atoms with E-state index in [0.29, 0.717) is 13.1 Å². The topological polar surface area (TPSA) is 46.6 Å². The fourth-order valence-corrected chi connectivity index (χ4v) is 4.41. The van der Waals surface area contributed by atoms with Gasteiger partial charge >= 0.3 is 5.97 Å². The molecule has 0 atom stereocenters. The van der Waals surface area contributed by atoms with E-state index >= 15 is 0 Å². The molecule has 2 aromatic carbocycles. The zero-order chi connectivity index (χ0) is 19.3. The van der Waals surface area contributed by atoms with Gasteiger partial charge < -0.3 is 9.64 Å². The monoisotopic (exact) mass is 391 g/mol. The Kier molecular flexibility index (Phi) is 5.53. The molecular weight excluding hydrogens is 370 g/mol. The molecule has 0 radical (unpaired) electrons. The van der Waals surface area contributed by atoms with Crippen molar-refractivity contribution in [2.24, 2.45) is 0 Å². The number of esters is 1. The number of amides is 1. The van der Waals surface area contributed by atoms with E-state index in [9.17, 15) is 9.59 Å². The quantitative estimate of drug-likeness (QED) is 0.618. The van der Waals surface area contributed by atoms with E-state index in [0.717, 1.165) is 17.5 Å². The average molecular weight is 391 g/mol. The van der Waals surface area contributed by atoms with Gasteiger partial charge in [-0.2, -0.15) is 0 Å². The summed E-state index contributed by atoms with van der Waals surface area (Å²) in [4.78, 5) is 28.6. The summed E-state index contributed by atoms with van der Waals surface area (Å²) < 4.78 is 5.47. The molecule has 0 N–H and O–H groups in total. The fourth-order valence-electron chi connectivity index (χ4n) is 3.52. The van der Waals surface area contributed by atoms with Gasteiger partial charge in [-0.25, -0.2) is 0 Å². The highest BCUT2D eigenvalue weighted by molar-refractivity contribution is 7.10. The molecule has 2 heterocycles. The smallest absolute Gasteiger partial charge is 0.318 e. The van der Waals surface area contributed by atoms with Crippen molar-refractivity contribution < 1.29 is 14.3 Å². The molecule has 0 bridgehead atoms. The van der Waals surface area contributed by atoms with Gasteiger partial charge in [0.1, 0.15) is 5.92 Å². The fraction of sp³-hybridized carbons (Fsp3) is 0.217. The highest BCUT2D eigenvalue weighted by Crippen LogP contribution is 2.27. The number of carbonyl (C=O) groups excluding carboxylic acids is 2. The Hall–Kier alpha value is -2.92. The Morgan fingerprint density at radius 2 is 1.61 bits per heavy atom. The molecule has 1 aromatic heterocycles. The number of benzene rings is 2. The van der Waals surface area contributed by atoms with Crippen molar-refractivity contribution in [3.63, 3.8) is 0 Å². The van der Waals surface area contributed by atoms with Crippen molar-refractivity contribution >= 4 is 23.2 Å². The van der Waals surface area contributed by atoms with E-state index in [4.69, 9.17) is 4.74 Å². The van der Waals surface area contributed by atoms with Crippen LogP contribution in [0.5, 0.6) is 0 Å². The summed E-state index contributed by atoms with van der Waals surface area (Å²) in [5, 5.41) is 2.06. The van der Waals surface area contributed by atoms with Crippen LogP contribution in [0.1, 0.15) is 27.5 Å². The van der Waals surface area contributed by atoms with Crippen LogP contribution in [0.15, 0.2) is 72.1 Å². The van der Waals surface area contributed by atoms with Gasteiger partial charge in [0.2, 0.25) is 0 Å². The summed E-state index contributed by atoms with van der Waals surface area (Å²) in [5.74, 6) is -1.09. The molecule has 1 aliphatic rings. The molecule has 0 aliphatic carbocycles. The number of fused-ring (bicyclic) bond motifs is 1. The van der Waals surface area contributed by atoms with Gasteiger partial charge in [-0.15, -0.1) is 11.3 Å². The van der Waals surface area contributed by atoms with E-state index in [1.165, 1.54) is 10.4 Å². The molecule has 3 aromatic rings. The molecule has 4 rings (SSSR count). The van der Waals surface area contributed by atoms with Gasteiger partial charge in [0.15, 0.2) is 6.61 Å². The van der Waals surface area contributed by atoms with E-state index in [2.05, 4.69) is 11.4 Å². The van der Waals surface area contributed by atoms with Crippen LogP contribution >= 0.6 is 11.3 Å². The van der Waals surface area contributed by atoms with Crippen LogP contribution in [0.2, 0.25) is 0 Å². The predicted molar refractivity (Wildman–Crippen MR) is 109 cm³/mol. The third-order valence-corrected chi connectivity index (χ3v) is 6.02. The summed E-state index contributed by atoms with van der Waals surface area (Å²) in [5.41, 5.74) is 2.90. The van der Waals surface area contributed by atoms with Crippen molar-refractivity contribution in [2.75, 3.05) is 13.2 Å². The number of hydrogen-bond acceptors (Lipinski definition) is 4. The molecule has 0 saturated carbocycles. The molecule has 28 heavy (non-hydrogen) atoms. The Morgan fingerprint density at radius 3 is 2.25 bits per heavy atom. The maximum Gasteiger partial charge on any atom is 0.318 e. The zero-order valence-electron chi connectivity index (χ0n) is 15.4. The number of nitrogens with zero attached hydrogens (tertiary/aromatic N) is 1. The summed E-state index contributed by atoms with van der Waals surface area (Å²) in [6.07, 6.45) is 0.864. The molecule has 1 amide bonds. The van der Waals surface area contributed by atoms with E-state index in [1.807, 2.05) is 60.7 Å². The maximum absolute atomic E-state index is 12.9. The molecule has 0 saturated heterocycles. The Bertz CT molecular complexity index is 913. The normalized spacial score (nSPS) is 13.2. The standard InChI is InChI=1S/C23H21NO3S/c25-21(24-13-11-20-19(15-24)12-14-28-20)16-27-23(26)22(17-7-3-1-4-8-17)18-9-5-2-6-10-18/h1-10,12,14,22H,11,13,15-16H2. The van der Waals surface area contributed by atoms with Crippen LogP contribution < -0.4 is 0 Å². The van der Waals surface area contributed by atoms with Gasteiger partial charge in [-0.05, 0) is 34.6 Å². The van der Waals surface area contributed by atoms with Gasteiger partial charge in [0, 0.05) is 18.0 Å². The van der Waals surface area contributed by atoms with Crippen LogP contribution in [0.25, 0.3) is 0 Å². The predicted octanol–water partition coefficient (Wildman–Crippen LogP) is 4.01. The van der Waals surface area contributed by atoms with Crippen LogP contribution in [0, 0.1) is 0 Å². The van der Waals surface area contributed by atoms with Crippen molar-refractivity contribution in [1.29, 1.82) is 0 Å².